The van der Waals surface area contributed by atoms with Crippen LogP contribution in [0.25, 0.3) is 0 Å². The molecule has 0 aliphatic rings. The summed E-state index contributed by atoms with van der Waals surface area (Å²) >= 11 is 0. The van der Waals surface area contributed by atoms with Crippen molar-refractivity contribution in [2.45, 2.75) is 0 Å². The minimum atomic E-state index is 0.724. The van der Waals surface area contributed by atoms with Crippen molar-refractivity contribution in [1.29, 1.82) is 0 Å². The second-order valence-corrected chi connectivity index (χ2v) is 4.16. The van der Waals surface area contributed by atoms with Crippen LogP contribution >= 0.6 is 0 Å². The minimum absolute atomic E-state index is 0.724. The molecule has 0 atom stereocenters. The molecule has 0 radical (unpaired) electrons. The first-order valence-electron chi connectivity index (χ1n) is 5.34. The molecule has 0 aromatic heterocycles. The fourth-order valence-electron chi connectivity index (χ4n) is 1.48. The van der Waals surface area contributed by atoms with Crippen molar-refractivity contribution in [3.05, 3.63) is 18.2 Å². The molecule has 1 aromatic rings. The van der Waals surface area contributed by atoms with Crippen LogP contribution in [0.5, 0.6) is 5.75 Å². The molecule has 0 unspecified atom stereocenters. The summed E-state index contributed by atoms with van der Waals surface area (Å²) in [5.41, 5.74) is 7.51. The smallest absolute Gasteiger partial charge is 0.144 e. The lowest BCUT2D eigenvalue weighted by Gasteiger charge is -2.23. The van der Waals surface area contributed by atoms with Crippen molar-refractivity contribution in [3.63, 3.8) is 0 Å². The molecule has 16 heavy (non-hydrogen) atoms. The Balaban J connectivity index is 2.77. The monoisotopic (exact) mass is 223 g/mol. The van der Waals surface area contributed by atoms with Crippen LogP contribution in [0.4, 0.5) is 11.4 Å². The Morgan fingerprint density at radius 1 is 1.19 bits per heavy atom. The molecule has 1 aromatic carbocycles. The van der Waals surface area contributed by atoms with Gasteiger partial charge < -0.3 is 20.3 Å². The van der Waals surface area contributed by atoms with Crippen LogP contribution in [-0.4, -0.2) is 46.2 Å². The molecular formula is C12H21N3O. The molecule has 0 saturated carbocycles. The maximum absolute atomic E-state index is 5.72. The molecule has 0 aliphatic carbocycles. The third kappa shape index (κ3) is 3.31. The van der Waals surface area contributed by atoms with E-state index in [4.69, 9.17) is 10.5 Å². The zero-order chi connectivity index (χ0) is 12.1. The van der Waals surface area contributed by atoms with Crippen LogP contribution in [0.3, 0.4) is 0 Å². The van der Waals surface area contributed by atoms with Gasteiger partial charge in [0.25, 0.3) is 0 Å². The van der Waals surface area contributed by atoms with Crippen LogP contribution in [0.2, 0.25) is 0 Å². The first kappa shape index (κ1) is 12.6. The van der Waals surface area contributed by atoms with Crippen molar-refractivity contribution in [3.8, 4) is 5.75 Å². The molecule has 0 fully saturated rings. The van der Waals surface area contributed by atoms with Gasteiger partial charge >= 0.3 is 0 Å². The highest BCUT2D eigenvalue weighted by molar-refractivity contribution is 5.63. The van der Waals surface area contributed by atoms with E-state index in [1.54, 1.807) is 7.11 Å². The van der Waals surface area contributed by atoms with Gasteiger partial charge in [-0.25, -0.2) is 0 Å². The quantitative estimate of drug-likeness (QED) is 0.763. The molecule has 0 aliphatic heterocycles. The topological polar surface area (TPSA) is 41.7 Å². The number of likely N-dealkylation sites (N-methyl/N-ethyl adjacent to an activating group) is 2. The summed E-state index contributed by atoms with van der Waals surface area (Å²) in [7, 11) is 7.84. The predicted octanol–water partition coefficient (Wildman–Crippen LogP) is 1.28. The van der Waals surface area contributed by atoms with E-state index in [1.165, 1.54) is 0 Å². The Kier molecular flexibility index (Phi) is 4.43. The van der Waals surface area contributed by atoms with Gasteiger partial charge in [0.05, 0.1) is 12.8 Å². The second kappa shape index (κ2) is 5.61. The van der Waals surface area contributed by atoms with E-state index < -0.39 is 0 Å². The van der Waals surface area contributed by atoms with Crippen LogP contribution in [0, 0.1) is 0 Å². The van der Waals surface area contributed by atoms with E-state index in [-0.39, 0.29) is 0 Å². The Morgan fingerprint density at radius 2 is 1.88 bits per heavy atom. The summed E-state index contributed by atoms with van der Waals surface area (Å²) in [6.07, 6.45) is 0. The van der Waals surface area contributed by atoms with Crippen molar-refractivity contribution in [2.24, 2.45) is 0 Å². The number of anilines is 2. The Morgan fingerprint density at radius 3 is 2.44 bits per heavy atom. The van der Waals surface area contributed by atoms with Crippen molar-refractivity contribution >= 4 is 11.4 Å². The summed E-state index contributed by atoms with van der Waals surface area (Å²) in [6.45, 7) is 1.96. The van der Waals surface area contributed by atoms with E-state index in [9.17, 15) is 0 Å². The maximum Gasteiger partial charge on any atom is 0.144 e. The number of ether oxygens (including phenoxy) is 1. The number of benzene rings is 1. The van der Waals surface area contributed by atoms with Gasteiger partial charge in [-0.3, -0.25) is 0 Å². The lowest BCUT2D eigenvalue weighted by Crippen LogP contribution is -2.28. The van der Waals surface area contributed by atoms with E-state index in [2.05, 4.69) is 30.9 Å². The van der Waals surface area contributed by atoms with Crippen LogP contribution in [-0.2, 0) is 0 Å². The number of nitrogens with zero attached hydrogens (tertiary/aromatic N) is 2. The zero-order valence-corrected chi connectivity index (χ0v) is 10.5. The first-order chi connectivity index (χ1) is 7.54. The SMILES string of the molecule is COc1cc(N)ccc1N(C)CCN(C)C. The average molecular weight is 223 g/mol. The summed E-state index contributed by atoms with van der Waals surface area (Å²) < 4.78 is 5.32. The fourth-order valence-corrected chi connectivity index (χ4v) is 1.48. The van der Waals surface area contributed by atoms with Gasteiger partial charge in [-0.15, -0.1) is 0 Å². The summed E-state index contributed by atoms with van der Waals surface area (Å²) in [6, 6.07) is 5.73. The molecular weight excluding hydrogens is 202 g/mol. The van der Waals surface area contributed by atoms with E-state index in [0.29, 0.717) is 0 Å². The van der Waals surface area contributed by atoms with Gasteiger partial charge in [0.15, 0.2) is 0 Å². The highest BCUT2D eigenvalue weighted by Crippen LogP contribution is 2.29. The van der Waals surface area contributed by atoms with Crippen molar-refractivity contribution in [1.82, 2.24) is 4.90 Å². The number of hydrogen-bond donors (Lipinski definition) is 1. The largest absolute Gasteiger partial charge is 0.495 e. The van der Waals surface area contributed by atoms with Gasteiger partial charge in [-0.2, -0.15) is 0 Å². The molecule has 4 heteroatoms. The molecule has 2 N–H and O–H groups in total. The van der Waals surface area contributed by atoms with Crippen molar-refractivity contribution < 1.29 is 4.74 Å². The number of hydrogen-bond acceptors (Lipinski definition) is 4. The van der Waals surface area contributed by atoms with E-state index in [1.807, 2.05) is 18.2 Å². The Labute approximate surface area is 97.6 Å². The van der Waals surface area contributed by atoms with Crippen LogP contribution in [0.1, 0.15) is 0 Å². The molecule has 0 heterocycles. The van der Waals surface area contributed by atoms with Gasteiger partial charge in [0, 0.05) is 31.9 Å². The summed E-state index contributed by atoms with van der Waals surface area (Å²) in [4.78, 5) is 4.32. The first-order valence-corrected chi connectivity index (χ1v) is 5.34. The zero-order valence-electron chi connectivity index (χ0n) is 10.5. The standard InChI is InChI=1S/C12H21N3O/c1-14(2)7-8-15(3)11-6-5-10(13)9-12(11)16-4/h5-6,9H,7-8,13H2,1-4H3. The van der Waals surface area contributed by atoms with Crippen molar-refractivity contribution in [2.75, 3.05) is 52.0 Å². The number of rotatable bonds is 5. The fraction of sp³-hybridized carbons (Fsp3) is 0.500. The minimum Gasteiger partial charge on any atom is -0.495 e. The molecule has 1 rings (SSSR count). The number of nitrogens with two attached hydrogens (primary N) is 1. The Bertz CT molecular complexity index is 339. The second-order valence-electron chi connectivity index (χ2n) is 4.16. The maximum atomic E-state index is 5.72. The molecule has 0 spiro atoms. The average Bonchev–Trinajstić information content (AvgIpc) is 2.25. The lowest BCUT2D eigenvalue weighted by molar-refractivity contribution is 0.406. The summed E-state index contributed by atoms with van der Waals surface area (Å²) in [5.74, 6) is 0.821. The van der Waals surface area contributed by atoms with Crippen LogP contribution < -0.4 is 15.4 Å². The molecule has 4 nitrogen and oxygen atoms in total. The predicted molar refractivity (Wildman–Crippen MR) is 69.2 cm³/mol. The van der Waals surface area contributed by atoms with Gasteiger partial charge in [0.1, 0.15) is 5.75 Å². The summed E-state index contributed by atoms with van der Waals surface area (Å²) in [5, 5.41) is 0. The van der Waals surface area contributed by atoms with Gasteiger partial charge in [0.2, 0.25) is 0 Å². The van der Waals surface area contributed by atoms with Crippen LogP contribution in [0.15, 0.2) is 18.2 Å². The van der Waals surface area contributed by atoms with E-state index >= 15 is 0 Å². The highest BCUT2D eigenvalue weighted by Gasteiger charge is 2.08. The third-order valence-corrected chi connectivity index (χ3v) is 2.50. The third-order valence-electron chi connectivity index (χ3n) is 2.50. The molecule has 0 amide bonds. The lowest BCUT2D eigenvalue weighted by atomic mass is 10.2. The van der Waals surface area contributed by atoms with Gasteiger partial charge in [-0.05, 0) is 26.2 Å². The number of nitrogen functional groups attached to an aromatic ring is 1. The van der Waals surface area contributed by atoms with Gasteiger partial charge in [-0.1, -0.05) is 0 Å². The normalized spacial score (nSPS) is 10.6. The molecule has 0 saturated heterocycles. The Hall–Kier alpha value is -1.42. The molecule has 90 valence electrons. The highest BCUT2D eigenvalue weighted by atomic mass is 16.5. The molecule has 0 bridgehead atoms. The van der Waals surface area contributed by atoms with E-state index in [0.717, 1.165) is 30.2 Å². The number of methoxy groups -OCH3 is 1.